The van der Waals surface area contributed by atoms with Gasteiger partial charge in [-0.05, 0) is 19.8 Å². The van der Waals surface area contributed by atoms with Gasteiger partial charge in [0, 0.05) is 6.61 Å². The van der Waals surface area contributed by atoms with Crippen LogP contribution in [0, 0.1) is 11.5 Å². The van der Waals surface area contributed by atoms with E-state index in [0.717, 1.165) is 12.8 Å². The first-order chi connectivity index (χ1) is 6.37. The first kappa shape index (κ1) is 11.8. The molecule has 0 aromatic heterocycles. The van der Waals surface area contributed by atoms with Crippen LogP contribution < -0.4 is 0 Å². The van der Waals surface area contributed by atoms with Gasteiger partial charge in [0.15, 0.2) is 0 Å². The largest absolute Gasteiger partial charge is 0.396 e. The summed E-state index contributed by atoms with van der Waals surface area (Å²) >= 11 is 0. The van der Waals surface area contributed by atoms with Gasteiger partial charge in [-0.25, -0.2) is 0 Å². The highest BCUT2D eigenvalue weighted by Gasteiger charge is 2.50. The SMILES string of the molecule is C[C@@]1(CCCO)O[C@H]1C#C[Si](C)(C)C. The van der Waals surface area contributed by atoms with E-state index in [4.69, 9.17) is 9.84 Å². The molecule has 1 rings (SSSR count). The summed E-state index contributed by atoms with van der Waals surface area (Å²) in [5, 5.41) is 8.72. The van der Waals surface area contributed by atoms with E-state index in [1.165, 1.54) is 0 Å². The van der Waals surface area contributed by atoms with E-state index in [-0.39, 0.29) is 18.3 Å². The number of ether oxygens (including phenoxy) is 1. The molecule has 0 amide bonds. The van der Waals surface area contributed by atoms with Crippen LogP contribution in [0.5, 0.6) is 0 Å². The predicted octanol–water partition coefficient (Wildman–Crippen LogP) is 1.80. The fraction of sp³-hybridized carbons (Fsp3) is 0.818. The lowest BCUT2D eigenvalue weighted by Crippen LogP contribution is -2.17. The Morgan fingerprint density at radius 3 is 2.57 bits per heavy atom. The Hall–Kier alpha value is -0.303. The van der Waals surface area contributed by atoms with Crippen LogP contribution in [0.3, 0.4) is 0 Å². The molecule has 0 spiro atoms. The van der Waals surface area contributed by atoms with Gasteiger partial charge in [0.05, 0.1) is 0 Å². The molecule has 14 heavy (non-hydrogen) atoms. The molecule has 1 aliphatic heterocycles. The van der Waals surface area contributed by atoms with E-state index >= 15 is 0 Å². The zero-order chi connectivity index (χ0) is 10.8. The van der Waals surface area contributed by atoms with Gasteiger partial charge in [0.25, 0.3) is 0 Å². The zero-order valence-corrected chi connectivity index (χ0v) is 10.6. The van der Waals surface area contributed by atoms with Crippen molar-refractivity contribution >= 4 is 8.07 Å². The van der Waals surface area contributed by atoms with E-state index in [1.54, 1.807) is 0 Å². The van der Waals surface area contributed by atoms with Crippen LogP contribution >= 0.6 is 0 Å². The summed E-state index contributed by atoms with van der Waals surface area (Å²) in [5.41, 5.74) is 3.24. The van der Waals surface area contributed by atoms with Gasteiger partial charge < -0.3 is 9.84 Å². The highest BCUT2D eigenvalue weighted by molar-refractivity contribution is 6.83. The molecule has 0 aromatic carbocycles. The predicted molar refractivity (Wildman–Crippen MR) is 60.7 cm³/mol. The molecule has 0 radical (unpaired) electrons. The van der Waals surface area contributed by atoms with Crippen LogP contribution in [0.2, 0.25) is 19.6 Å². The Bertz CT molecular complexity index is 259. The number of aliphatic hydroxyl groups is 1. The molecule has 2 nitrogen and oxygen atoms in total. The minimum Gasteiger partial charge on any atom is -0.396 e. The first-order valence-electron chi connectivity index (χ1n) is 5.19. The molecule has 1 heterocycles. The van der Waals surface area contributed by atoms with Gasteiger partial charge in [-0.3, -0.25) is 0 Å². The van der Waals surface area contributed by atoms with Crippen LogP contribution in [0.25, 0.3) is 0 Å². The quantitative estimate of drug-likeness (QED) is 0.439. The number of epoxide rings is 1. The van der Waals surface area contributed by atoms with Crippen molar-refractivity contribution in [2.45, 2.75) is 51.1 Å². The van der Waals surface area contributed by atoms with Crippen molar-refractivity contribution in [2.75, 3.05) is 6.61 Å². The summed E-state index contributed by atoms with van der Waals surface area (Å²) in [4.78, 5) is 0. The van der Waals surface area contributed by atoms with Crippen LogP contribution in [-0.4, -0.2) is 31.5 Å². The third-order valence-corrected chi connectivity index (χ3v) is 3.19. The lowest BCUT2D eigenvalue weighted by molar-refractivity contribution is 0.246. The minimum absolute atomic E-state index is 0.0740. The topological polar surface area (TPSA) is 32.8 Å². The van der Waals surface area contributed by atoms with Crippen molar-refractivity contribution in [3.63, 3.8) is 0 Å². The molecule has 0 aromatic rings. The summed E-state index contributed by atoms with van der Waals surface area (Å²) in [6.07, 6.45) is 1.83. The van der Waals surface area contributed by atoms with Crippen molar-refractivity contribution < 1.29 is 9.84 Å². The van der Waals surface area contributed by atoms with Crippen LogP contribution in [0.15, 0.2) is 0 Å². The summed E-state index contributed by atoms with van der Waals surface area (Å²) < 4.78 is 5.54. The Kier molecular flexibility index (Phi) is 3.41. The summed E-state index contributed by atoms with van der Waals surface area (Å²) in [5.74, 6) is 3.20. The molecule has 0 aliphatic carbocycles. The van der Waals surface area contributed by atoms with Crippen LogP contribution in [0.4, 0.5) is 0 Å². The molecule has 3 heteroatoms. The number of hydrogen-bond acceptors (Lipinski definition) is 2. The molecule has 1 N–H and O–H groups in total. The molecule has 1 fully saturated rings. The maximum Gasteiger partial charge on any atom is 0.147 e. The number of rotatable bonds is 3. The second-order valence-electron chi connectivity index (χ2n) is 5.16. The van der Waals surface area contributed by atoms with E-state index in [0.29, 0.717) is 0 Å². The van der Waals surface area contributed by atoms with Gasteiger partial charge in [-0.15, -0.1) is 5.54 Å². The Morgan fingerprint density at radius 1 is 1.43 bits per heavy atom. The lowest BCUT2D eigenvalue weighted by atomic mass is 10.0. The third kappa shape index (κ3) is 3.45. The normalized spacial score (nSPS) is 30.8. The molecule has 0 saturated carbocycles. The van der Waals surface area contributed by atoms with E-state index in [9.17, 15) is 0 Å². The van der Waals surface area contributed by atoms with Crippen molar-refractivity contribution in [1.29, 1.82) is 0 Å². The first-order valence-corrected chi connectivity index (χ1v) is 8.69. The van der Waals surface area contributed by atoms with Gasteiger partial charge in [-0.2, -0.15) is 0 Å². The summed E-state index contributed by atoms with van der Waals surface area (Å²) in [6.45, 7) is 9.01. The molecular weight excluding hydrogens is 192 g/mol. The average Bonchev–Trinajstić information content (AvgIpc) is 2.70. The standard InChI is InChI=1S/C11H20O2Si/c1-11(7-5-8-12)10(13-11)6-9-14(2,3)4/h10,12H,5,7-8H2,1-4H3/t10-,11-/m0/s1. The molecule has 0 unspecified atom stereocenters. The molecular formula is C11H20O2Si. The lowest BCUT2D eigenvalue weighted by Gasteiger charge is -2.04. The monoisotopic (exact) mass is 212 g/mol. The third-order valence-electron chi connectivity index (χ3n) is 2.29. The van der Waals surface area contributed by atoms with E-state index in [2.05, 4.69) is 38.0 Å². The van der Waals surface area contributed by atoms with Crippen molar-refractivity contribution in [3.8, 4) is 11.5 Å². The number of aliphatic hydroxyl groups excluding tert-OH is 1. The van der Waals surface area contributed by atoms with Gasteiger partial charge in [-0.1, -0.05) is 25.6 Å². The molecule has 2 atom stereocenters. The smallest absolute Gasteiger partial charge is 0.147 e. The Balaban J connectivity index is 2.40. The summed E-state index contributed by atoms with van der Waals surface area (Å²) in [6, 6.07) is 0. The Morgan fingerprint density at radius 2 is 2.07 bits per heavy atom. The Labute approximate surface area is 87.7 Å². The van der Waals surface area contributed by atoms with Gasteiger partial charge >= 0.3 is 0 Å². The van der Waals surface area contributed by atoms with Crippen LogP contribution in [0.1, 0.15) is 19.8 Å². The van der Waals surface area contributed by atoms with Gasteiger partial charge in [0.2, 0.25) is 0 Å². The average molecular weight is 212 g/mol. The van der Waals surface area contributed by atoms with Crippen molar-refractivity contribution in [2.24, 2.45) is 0 Å². The van der Waals surface area contributed by atoms with E-state index < -0.39 is 8.07 Å². The minimum atomic E-state index is -1.26. The maximum atomic E-state index is 8.72. The zero-order valence-electron chi connectivity index (χ0n) is 9.55. The fourth-order valence-electron chi connectivity index (χ4n) is 1.32. The summed E-state index contributed by atoms with van der Waals surface area (Å²) in [7, 11) is -1.26. The number of hydrogen-bond donors (Lipinski definition) is 1. The maximum absolute atomic E-state index is 8.72. The second-order valence-corrected chi connectivity index (χ2v) is 9.91. The van der Waals surface area contributed by atoms with E-state index in [1.807, 2.05) is 0 Å². The van der Waals surface area contributed by atoms with Crippen molar-refractivity contribution in [3.05, 3.63) is 0 Å². The highest BCUT2D eigenvalue weighted by atomic mass is 28.3. The van der Waals surface area contributed by atoms with Gasteiger partial charge in [0.1, 0.15) is 19.8 Å². The molecule has 0 bridgehead atoms. The van der Waals surface area contributed by atoms with Crippen LogP contribution in [-0.2, 0) is 4.74 Å². The highest BCUT2D eigenvalue weighted by Crippen LogP contribution is 2.39. The fourth-order valence-corrected chi connectivity index (χ4v) is 1.88. The van der Waals surface area contributed by atoms with Crippen molar-refractivity contribution in [1.82, 2.24) is 0 Å². The molecule has 80 valence electrons. The molecule has 1 saturated heterocycles. The second kappa shape index (κ2) is 4.06. The molecule has 1 aliphatic rings.